The second-order valence-corrected chi connectivity index (χ2v) is 12.2. The molecule has 0 saturated heterocycles. The summed E-state index contributed by atoms with van der Waals surface area (Å²) in [4.78, 5) is 14.9. The molecule has 2 aromatic heterocycles. The lowest BCUT2D eigenvalue weighted by Gasteiger charge is -2.17. The first-order chi connectivity index (χ1) is 23.7. The molecule has 0 fully saturated rings. The molecule has 0 unspecified atom stereocenters. The number of aromatic nitrogens is 4. The Balaban J connectivity index is 1.45. The largest absolute Gasteiger partial charge is 0.416 e. The van der Waals surface area contributed by atoms with Crippen LogP contribution in [0.15, 0.2) is 140 Å². The second-order valence-electron chi connectivity index (χ2n) is 12.2. The van der Waals surface area contributed by atoms with Gasteiger partial charge in [-0.25, -0.2) is 15.0 Å². The topological polar surface area (TPSA) is 43.6 Å². The quantitative estimate of drug-likeness (QED) is 0.187. The molecular weight excluding hydrogens is 617 g/mol. The molecular formula is C42H29F3N4. The Morgan fingerprint density at radius 2 is 0.980 bits per heavy atom. The molecule has 8 rings (SSSR count). The Labute approximate surface area is 281 Å². The third-order valence-corrected chi connectivity index (χ3v) is 8.78. The molecule has 2 heterocycles. The van der Waals surface area contributed by atoms with Gasteiger partial charge in [0.05, 0.1) is 22.3 Å². The lowest BCUT2D eigenvalue weighted by atomic mass is 9.99. The SMILES string of the molecule is Cc1ccc2c(c1)c1cc(C)ccc1n2-c1cc(-c2cccc(C(F)(F)F)c2)ccc1-c1nc(-c2ccccc2)nc(-c2ccccc2)n1. The van der Waals surface area contributed by atoms with Crippen LogP contribution in [0.5, 0.6) is 0 Å². The summed E-state index contributed by atoms with van der Waals surface area (Å²) in [6, 6.07) is 43.3. The highest BCUT2D eigenvalue weighted by molar-refractivity contribution is 6.10. The van der Waals surface area contributed by atoms with Gasteiger partial charge < -0.3 is 4.57 Å². The number of hydrogen-bond donors (Lipinski definition) is 0. The van der Waals surface area contributed by atoms with Gasteiger partial charge in [-0.3, -0.25) is 0 Å². The van der Waals surface area contributed by atoms with Gasteiger partial charge in [-0.1, -0.05) is 102 Å². The summed E-state index contributed by atoms with van der Waals surface area (Å²) in [6.07, 6.45) is -4.46. The van der Waals surface area contributed by atoms with Crippen molar-refractivity contribution in [3.05, 3.63) is 156 Å². The van der Waals surface area contributed by atoms with E-state index in [1.165, 1.54) is 12.1 Å². The molecule has 4 nitrogen and oxygen atoms in total. The highest BCUT2D eigenvalue weighted by atomic mass is 19.4. The van der Waals surface area contributed by atoms with Gasteiger partial charge in [-0.15, -0.1) is 0 Å². The number of benzene rings is 6. The van der Waals surface area contributed by atoms with Gasteiger partial charge >= 0.3 is 6.18 Å². The molecule has 0 N–H and O–H groups in total. The second kappa shape index (κ2) is 11.9. The number of hydrogen-bond acceptors (Lipinski definition) is 3. The van der Waals surface area contributed by atoms with Gasteiger partial charge in [0.2, 0.25) is 0 Å². The van der Waals surface area contributed by atoms with Crippen LogP contribution >= 0.6 is 0 Å². The fourth-order valence-corrected chi connectivity index (χ4v) is 6.40. The van der Waals surface area contributed by atoms with Gasteiger partial charge in [0.15, 0.2) is 17.5 Å². The maximum Gasteiger partial charge on any atom is 0.416 e. The zero-order valence-corrected chi connectivity index (χ0v) is 26.7. The minimum Gasteiger partial charge on any atom is -0.308 e. The Kier molecular flexibility index (Phi) is 7.33. The number of aryl methyl sites for hydroxylation is 2. The molecule has 0 bridgehead atoms. The van der Waals surface area contributed by atoms with Crippen LogP contribution in [-0.4, -0.2) is 19.5 Å². The van der Waals surface area contributed by atoms with E-state index in [0.717, 1.165) is 55.8 Å². The van der Waals surface area contributed by atoms with Crippen LogP contribution in [0.3, 0.4) is 0 Å². The molecule has 8 aromatic rings. The van der Waals surface area contributed by atoms with Gasteiger partial charge in [-0.2, -0.15) is 13.2 Å². The van der Waals surface area contributed by atoms with E-state index in [2.05, 4.69) is 54.8 Å². The van der Waals surface area contributed by atoms with Gasteiger partial charge in [0, 0.05) is 27.5 Å². The summed E-state index contributed by atoms with van der Waals surface area (Å²) in [5.41, 5.74) is 7.73. The first kappa shape index (κ1) is 30.3. The molecule has 6 aromatic carbocycles. The summed E-state index contributed by atoms with van der Waals surface area (Å²) in [5.74, 6) is 1.49. The van der Waals surface area contributed by atoms with E-state index in [1.54, 1.807) is 6.07 Å². The fraction of sp³-hybridized carbons (Fsp3) is 0.0714. The maximum absolute atomic E-state index is 13.8. The number of halogens is 3. The Morgan fingerprint density at radius 1 is 0.469 bits per heavy atom. The van der Waals surface area contributed by atoms with Crippen LogP contribution in [0, 0.1) is 13.8 Å². The van der Waals surface area contributed by atoms with Gasteiger partial charge in [-0.05, 0) is 73.5 Å². The first-order valence-corrected chi connectivity index (χ1v) is 15.9. The van der Waals surface area contributed by atoms with E-state index in [4.69, 9.17) is 15.0 Å². The molecule has 238 valence electrons. The van der Waals surface area contributed by atoms with Crippen LogP contribution < -0.4 is 0 Å². The first-order valence-electron chi connectivity index (χ1n) is 15.9. The minimum atomic E-state index is -4.46. The van der Waals surface area contributed by atoms with Crippen molar-refractivity contribution < 1.29 is 13.2 Å². The highest BCUT2D eigenvalue weighted by Gasteiger charge is 2.30. The van der Waals surface area contributed by atoms with Crippen molar-refractivity contribution in [2.45, 2.75) is 20.0 Å². The van der Waals surface area contributed by atoms with E-state index in [9.17, 15) is 13.2 Å². The molecule has 7 heteroatoms. The van der Waals surface area contributed by atoms with E-state index in [0.29, 0.717) is 34.2 Å². The average molecular weight is 647 g/mol. The normalized spacial score (nSPS) is 11.8. The Hall–Kier alpha value is -6.08. The molecule has 0 spiro atoms. The molecule has 0 aliphatic heterocycles. The predicted molar refractivity (Wildman–Crippen MR) is 190 cm³/mol. The number of nitrogens with zero attached hydrogens (tertiary/aromatic N) is 4. The fourth-order valence-electron chi connectivity index (χ4n) is 6.40. The summed E-state index contributed by atoms with van der Waals surface area (Å²) in [5, 5.41) is 2.17. The highest BCUT2D eigenvalue weighted by Crippen LogP contribution is 2.40. The van der Waals surface area contributed by atoms with Crippen molar-refractivity contribution >= 4 is 21.8 Å². The standard InChI is InChI=1S/C42H29F3N4/c1-26-16-20-36-34(22-26)35-23-27(2)17-21-37(35)49(36)38-25-31(30-14-9-15-32(24-30)42(43,44)45)18-19-33(38)41-47-39(28-10-5-3-6-11-28)46-40(48-41)29-12-7-4-8-13-29/h3-25H,1-2H3. The molecule has 0 amide bonds. The maximum atomic E-state index is 13.8. The van der Waals surface area contributed by atoms with Crippen LogP contribution in [0.2, 0.25) is 0 Å². The summed E-state index contributed by atoms with van der Waals surface area (Å²) in [7, 11) is 0. The number of alkyl halides is 3. The minimum absolute atomic E-state index is 0.451. The van der Waals surface area contributed by atoms with E-state index >= 15 is 0 Å². The monoisotopic (exact) mass is 646 g/mol. The molecule has 0 radical (unpaired) electrons. The van der Waals surface area contributed by atoms with E-state index < -0.39 is 11.7 Å². The zero-order valence-electron chi connectivity index (χ0n) is 26.7. The third-order valence-electron chi connectivity index (χ3n) is 8.78. The van der Waals surface area contributed by atoms with Crippen molar-refractivity contribution in [1.29, 1.82) is 0 Å². The van der Waals surface area contributed by atoms with Crippen LogP contribution in [-0.2, 0) is 6.18 Å². The predicted octanol–water partition coefficient (Wildman–Crippen LogP) is 11.3. The Morgan fingerprint density at radius 3 is 1.53 bits per heavy atom. The third kappa shape index (κ3) is 5.63. The number of fused-ring (bicyclic) bond motifs is 3. The lowest BCUT2D eigenvalue weighted by molar-refractivity contribution is -0.137. The van der Waals surface area contributed by atoms with Gasteiger partial charge in [0.25, 0.3) is 0 Å². The number of rotatable bonds is 5. The summed E-state index contributed by atoms with van der Waals surface area (Å²) in [6.45, 7) is 4.14. The van der Waals surface area contributed by atoms with Crippen molar-refractivity contribution in [2.75, 3.05) is 0 Å². The molecule has 0 aliphatic carbocycles. The Bertz CT molecular complexity index is 2380. The smallest absolute Gasteiger partial charge is 0.308 e. The lowest BCUT2D eigenvalue weighted by Crippen LogP contribution is -2.05. The zero-order chi connectivity index (χ0) is 33.7. The van der Waals surface area contributed by atoms with Crippen LogP contribution in [0.4, 0.5) is 13.2 Å². The van der Waals surface area contributed by atoms with Crippen molar-refractivity contribution in [2.24, 2.45) is 0 Å². The average Bonchev–Trinajstić information content (AvgIpc) is 3.44. The summed E-state index contributed by atoms with van der Waals surface area (Å²) < 4.78 is 43.6. The van der Waals surface area contributed by atoms with Crippen LogP contribution in [0.1, 0.15) is 16.7 Å². The van der Waals surface area contributed by atoms with Crippen molar-refractivity contribution in [1.82, 2.24) is 19.5 Å². The van der Waals surface area contributed by atoms with E-state index in [-0.39, 0.29) is 0 Å². The molecule has 0 atom stereocenters. The molecule has 0 saturated carbocycles. The van der Waals surface area contributed by atoms with E-state index in [1.807, 2.05) is 78.9 Å². The molecule has 49 heavy (non-hydrogen) atoms. The summed E-state index contributed by atoms with van der Waals surface area (Å²) >= 11 is 0. The van der Waals surface area contributed by atoms with Crippen LogP contribution in [0.25, 0.3) is 72.8 Å². The van der Waals surface area contributed by atoms with Crippen molar-refractivity contribution in [3.63, 3.8) is 0 Å². The van der Waals surface area contributed by atoms with Gasteiger partial charge in [0.1, 0.15) is 0 Å². The molecule has 0 aliphatic rings. The van der Waals surface area contributed by atoms with Crippen molar-refractivity contribution in [3.8, 4) is 51.0 Å².